The number of anilines is 1. The summed E-state index contributed by atoms with van der Waals surface area (Å²) in [6.45, 7) is 7.54. The molecule has 0 aliphatic heterocycles. The maximum Gasteiger partial charge on any atom is 0.0891 e. The minimum absolute atomic E-state index is 0.569. The van der Waals surface area contributed by atoms with Gasteiger partial charge in [0.1, 0.15) is 0 Å². The first-order chi connectivity index (χ1) is 7.66. The van der Waals surface area contributed by atoms with Crippen LogP contribution in [0.4, 0.5) is 5.69 Å². The molecule has 3 nitrogen and oxygen atoms in total. The van der Waals surface area contributed by atoms with E-state index in [0.29, 0.717) is 6.61 Å². The number of ether oxygens (including phenoxy) is 1. The summed E-state index contributed by atoms with van der Waals surface area (Å²) >= 11 is 0. The van der Waals surface area contributed by atoms with Gasteiger partial charge < -0.3 is 10.5 Å². The van der Waals surface area contributed by atoms with Gasteiger partial charge in [0.25, 0.3) is 0 Å². The maximum atomic E-state index is 5.94. The summed E-state index contributed by atoms with van der Waals surface area (Å²) in [5.41, 5.74) is 9.82. The second kappa shape index (κ2) is 6.48. The van der Waals surface area contributed by atoms with Crippen molar-refractivity contribution in [3.63, 3.8) is 0 Å². The number of nitrogens with zero attached hydrogens (tertiary/aromatic N) is 1. The topological polar surface area (TPSA) is 48.1 Å². The zero-order valence-electron chi connectivity index (χ0n) is 10.5. The molecule has 0 radical (unpaired) electrons. The first-order valence-corrected chi connectivity index (χ1v) is 5.95. The van der Waals surface area contributed by atoms with Gasteiger partial charge in [-0.15, -0.1) is 0 Å². The largest absolute Gasteiger partial charge is 0.398 e. The third-order valence-corrected chi connectivity index (χ3v) is 2.81. The molecule has 3 heteroatoms. The van der Waals surface area contributed by atoms with Crippen LogP contribution in [0.15, 0.2) is 6.20 Å². The first kappa shape index (κ1) is 13.0. The number of pyridine rings is 1. The highest BCUT2D eigenvalue weighted by molar-refractivity contribution is 5.53. The molecule has 0 aromatic carbocycles. The van der Waals surface area contributed by atoms with Crippen molar-refractivity contribution in [1.29, 1.82) is 0 Å². The zero-order valence-corrected chi connectivity index (χ0v) is 10.5. The molecule has 1 heterocycles. The van der Waals surface area contributed by atoms with Crippen LogP contribution in [0.3, 0.4) is 0 Å². The summed E-state index contributed by atoms with van der Waals surface area (Å²) in [6.07, 6.45) is 5.38. The summed E-state index contributed by atoms with van der Waals surface area (Å²) in [7, 11) is 0. The lowest BCUT2D eigenvalue weighted by atomic mass is 10.1. The molecular formula is C13H22N2O. The molecule has 0 spiro atoms. The smallest absolute Gasteiger partial charge is 0.0891 e. The Morgan fingerprint density at radius 1 is 1.31 bits per heavy atom. The van der Waals surface area contributed by atoms with Crippen LogP contribution in [0, 0.1) is 13.8 Å². The summed E-state index contributed by atoms with van der Waals surface area (Å²) in [5, 5.41) is 0. The number of aryl methyl sites for hydroxylation is 1. The van der Waals surface area contributed by atoms with Crippen LogP contribution in [-0.2, 0) is 11.3 Å². The average molecular weight is 222 g/mol. The molecule has 0 unspecified atom stereocenters. The predicted octanol–water partition coefficient (Wildman–Crippen LogP) is 2.99. The van der Waals surface area contributed by atoms with Crippen molar-refractivity contribution in [1.82, 2.24) is 4.98 Å². The van der Waals surface area contributed by atoms with Crippen molar-refractivity contribution in [3.8, 4) is 0 Å². The van der Waals surface area contributed by atoms with E-state index >= 15 is 0 Å². The highest BCUT2D eigenvalue weighted by Gasteiger charge is 2.05. The number of hydrogen-bond acceptors (Lipinski definition) is 3. The third-order valence-electron chi connectivity index (χ3n) is 2.81. The Hall–Kier alpha value is -1.09. The van der Waals surface area contributed by atoms with Crippen molar-refractivity contribution in [2.75, 3.05) is 12.3 Å². The molecule has 0 aliphatic rings. The van der Waals surface area contributed by atoms with Crippen molar-refractivity contribution in [2.24, 2.45) is 0 Å². The normalized spacial score (nSPS) is 10.7. The SMILES string of the molecule is CCCCCOCc1ncc(C)c(N)c1C. The van der Waals surface area contributed by atoms with E-state index in [4.69, 9.17) is 10.5 Å². The van der Waals surface area contributed by atoms with Crippen LogP contribution in [0.25, 0.3) is 0 Å². The van der Waals surface area contributed by atoms with E-state index < -0.39 is 0 Å². The number of hydrogen-bond donors (Lipinski definition) is 1. The average Bonchev–Trinajstić information content (AvgIpc) is 2.28. The quantitative estimate of drug-likeness (QED) is 0.753. The monoisotopic (exact) mass is 222 g/mol. The van der Waals surface area contributed by atoms with E-state index in [1.165, 1.54) is 12.8 Å². The zero-order chi connectivity index (χ0) is 12.0. The van der Waals surface area contributed by atoms with Gasteiger partial charge in [-0.2, -0.15) is 0 Å². The highest BCUT2D eigenvalue weighted by atomic mass is 16.5. The van der Waals surface area contributed by atoms with Gasteiger partial charge >= 0.3 is 0 Å². The molecule has 16 heavy (non-hydrogen) atoms. The van der Waals surface area contributed by atoms with Gasteiger partial charge in [-0.1, -0.05) is 19.8 Å². The minimum Gasteiger partial charge on any atom is -0.398 e. The van der Waals surface area contributed by atoms with Crippen molar-refractivity contribution in [3.05, 3.63) is 23.0 Å². The van der Waals surface area contributed by atoms with E-state index in [0.717, 1.165) is 35.5 Å². The molecular weight excluding hydrogens is 200 g/mol. The van der Waals surface area contributed by atoms with Gasteiger partial charge in [0.15, 0.2) is 0 Å². The molecule has 90 valence electrons. The van der Waals surface area contributed by atoms with Gasteiger partial charge in [0, 0.05) is 18.5 Å². The fourth-order valence-electron chi connectivity index (χ4n) is 1.56. The molecule has 1 aromatic heterocycles. The van der Waals surface area contributed by atoms with Gasteiger partial charge in [0.05, 0.1) is 12.3 Å². The Balaban J connectivity index is 2.45. The fourth-order valence-corrected chi connectivity index (χ4v) is 1.56. The van der Waals surface area contributed by atoms with Gasteiger partial charge in [-0.3, -0.25) is 4.98 Å². The Morgan fingerprint density at radius 2 is 2.06 bits per heavy atom. The van der Waals surface area contributed by atoms with Crippen molar-refractivity contribution < 1.29 is 4.74 Å². The summed E-state index contributed by atoms with van der Waals surface area (Å²) in [6, 6.07) is 0. The van der Waals surface area contributed by atoms with Crippen LogP contribution in [-0.4, -0.2) is 11.6 Å². The molecule has 0 fully saturated rings. The number of nitrogens with two attached hydrogens (primary N) is 1. The molecule has 1 aromatic rings. The Morgan fingerprint density at radius 3 is 2.75 bits per heavy atom. The van der Waals surface area contributed by atoms with Crippen LogP contribution in [0.2, 0.25) is 0 Å². The van der Waals surface area contributed by atoms with Gasteiger partial charge in [0.2, 0.25) is 0 Å². The van der Waals surface area contributed by atoms with Crippen molar-refractivity contribution >= 4 is 5.69 Å². The number of aromatic nitrogens is 1. The molecule has 1 rings (SSSR count). The van der Waals surface area contributed by atoms with Crippen LogP contribution in [0.1, 0.15) is 43.0 Å². The lowest BCUT2D eigenvalue weighted by Gasteiger charge is -2.10. The molecule has 0 saturated heterocycles. The van der Waals surface area contributed by atoms with Gasteiger partial charge in [-0.25, -0.2) is 0 Å². The minimum atomic E-state index is 0.569. The summed E-state index contributed by atoms with van der Waals surface area (Å²) in [4.78, 5) is 4.35. The predicted molar refractivity (Wildman–Crippen MR) is 67.3 cm³/mol. The van der Waals surface area contributed by atoms with E-state index in [1.807, 2.05) is 20.0 Å². The van der Waals surface area contributed by atoms with E-state index in [9.17, 15) is 0 Å². The summed E-state index contributed by atoms with van der Waals surface area (Å²) < 4.78 is 5.58. The van der Waals surface area contributed by atoms with E-state index in [-0.39, 0.29) is 0 Å². The molecule has 0 aliphatic carbocycles. The number of unbranched alkanes of at least 4 members (excludes halogenated alkanes) is 2. The Kier molecular flexibility index (Phi) is 5.26. The highest BCUT2D eigenvalue weighted by Crippen LogP contribution is 2.18. The van der Waals surface area contributed by atoms with Gasteiger partial charge in [-0.05, 0) is 31.4 Å². The molecule has 0 bridgehead atoms. The van der Waals surface area contributed by atoms with Crippen LogP contribution < -0.4 is 5.73 Å². The molecule has 0 amide bonds. The standard InChI is InChI=1S/C13H22N2O/c1-4-5-6-7-16-9-12-11(3)13(14)10(2)8-15-12/h8H,4-7,9H2,1-3H3,(H2,14,15). The van der Waals surface area contributed by atoms with Crippen LogP contribution in [0.5, 0.6) is 0 Å². The lowest BCUT2D eigenvalue weighted by Crippen LogP contribution is -2.04. The van der Waals surface area contributed by atoms with E-state index in [1.54, 1.807) is 0 Å². The molecule has 0 atom stereocenters. The fraction of sp³-hybridized carbons (Fsp3) is 0.615. The Bertz CT molecular complexity index is 337. The first-order valence-electron chi connectivity index (χ1n) is 5.95. The molecule has 2 N–H and O–H groups in total. The lowest BCUT2D eigenvalue weighted by molar-refractivity contribution is 0.114. The maximum absolute atomic E-state index is 5.94. The number of rotatable bonds is 6. The Labute approximate surface area is 98.0 Å². The van der Waals surface area contributed by atoms with E-state index in [2.05, 4.69) is 11.9 Å². The second-order valence-electron chi connectivity index (χ2n) is 4.19. The molecule has 0 saturated carbocycles. The third kappa shape index (κ3) is 3.49. The summed E-state index contributed by atoms with van der Waals surface area (Å²) in [5.74, 6) is 0. The second-order valence-corrected chi connectivity index (χ2v) is 4.19. The number of nitrogen functional groups attached to an aromatic ring is 1. The van der Waals surface area contributed by atoms with Crippen LogP contribution >= 0.6 is 0 Å². The van der Waals surface area contributed by atoms with Crippen molar-refractivity contribution in [2.45, 2.75) is 46.6 Å².